The Morgan fingerprint density at radius 2 is 2.04 bits per heavy atom. The van der Waals surface area contributed by atoms with Crippen molar-refractivity contribution in [3.05, 3.63) is 52.8 Å². The number of carbonyl (C=O) groups is 1. The molecule has 0 radical (unpaired) electrons. The molecule has 4 rings (SSSR count). The van der Waals surface area contributed by atoms with Crippen LogP contribution >= 0.6 is 15.9 Å². The molecule has 24 heavy (non-hydrogen) atoms. The number of hydrogen-bond acceptors (Lipinski definition) is 6. The minimum atomic E-state index is -0.0267. The molecule has 122 valence electrons. The van der Waals surface area contributed by atoms with Crippen molar-refractivity contribution in [3.63, 3.8) is 0 Å². The minimum absolute atomic E-state index is 0.0267. The van der Waals surface area contributed by atoms with Gasteiger partial charge >= 0.3 is 0 Å². The fourth-order valence-corrected chi connectivity index (χ4v) is 2.90. The van der Waals surface area contributed by atoms with Crippen LogP contribution in [-0.4, -0.2) is 58.9 Å². The molecular formula is C14H13BrN8O. The highest BCUT2D eigenvalue weighted by Gasteiger charge is 2.33. The molecule has 1 fully saturated rings. The van der Waals surface area contributed by atoms with Crippen LogP contribution < -0.4 is 0 Å². The van der Waals surface area contributed by atoms with E-state index >= 15 is 0 Å². The van der Waals surface area contributed by atoms with Gasteiger partial charge in [-0.2, -0.15) is 15.0 Å². The van der Waals surface area contributed by atoms with Gasteiger partial charge in [0.05, 0.1) is 30.2 Å². The van der Waals surface area contributed by atoms with Crippen LogP contribution in [0.4, 0.5) is 0 Å². The minimum Gasteiger partial charge on any atom is -0.334 e. The number of rotatable bonds is 4. The lowest BCUT2D eigenvalue weighted by molar-refractivity contribution is 0.0498. The van der Waals surface area contributed by atoms with Crippen LogP contribution in [0.15, 0.2) is 41.5 Å². The lowest BCUT2D eigenvalue weighted by Crippen LogP contribution is -2.50. The van der Waals surface area contributed by atoms with Crippen LogP contribution in [0, 0.1) is 0 Å². The van der Waals surface area contributed by atoms with Crippen molar-refractivity contribution in [2.45, 2.75) is 12.6 Å². The summed E-state index contributed by atoms with van der Waals surface area (Å²) in [5.74, 6) is -0.0267. The number of carbonyl (C=O) groups excluding carboxylic acids is 1. The topological polar surface area (TPSA) is 94.6 Å². The summed E-state index contributed by atoms with van der Waals surface area (Å²) >= 11 is 3.33. The number of amides is 1. The van der Waals surface area contributed by atoms with Crippen LogP contribution in [0.1, 0.15) is 22.1 Å². The van der Waals surface area contributed by atoms with Gasteiger partial charge in [0.25, 0.3) is 5.91 Å². The SMILES string of the molecule is O=C(c1cncc(Br)c1)N1CC(n2cc(Cn3nccn3)nn2)C1. The molecule has 1 saturated heterocycles. The van der Waals surface area contributed by atoms with E-state index in [1.807, 2.05) is 6.20 Å². The Morgan fingerprint density at radius 3 is 2.79 bits per heavy atom. The maximum absolute atomic E-state index is 12.4. The molecule has 3 aromatic heterocycles. The molecule has 1 amide bonds. The largest absolute Gasteiger partial charge is 0.334 e. The van der Waals surface area contributed by atoms with Crippen LogP contribution in [-0.2, 0) is 6.54 Å². The van der Waals surface area contributed by atoms with Gasteiger partial charge < -0.3 is 4.90 Å². The van der Waals surface area contributed by atoms with Gasteiger partial charge in [-0.05, 0) is 22.0 Å². The molecule has 0 unspecified atom stereocenters. The van der Waals surface area contributed by atoms with E-state index in [2.05, 4.69) is 41.4 Å². The molecule has 0 spiro atoms. The Morgan fingerprint density at radius 1 is 1.25 bits per heavy atom. The number of nitrogens with zero attached hydrogens (tertiary/aromatic N) is 8. The van der Waals surface area contributed by atoms with Crippen molar-refractivity contribution in [2.75, 3.05) is 13.1 Å². The van der Waals surface area contributed by atoms with E-state index in [4.69, 9.17) is 0 Å². The molecule has 0 saturated carbocycles. The smallest absolute Gasteiger partial charge is 0.255 e. The van der Waals surface area contributed by atoms with Crippen LogP contribution in [0.25, 0.3) is 0 Å². The van der Waals surface area contributed by atoms with Crippen LogP contribution in [0.2, 0.25) is 0 Å². The first-order chi connectivity index (χ1) is 11.7. The van der Waals surface area contributed by atoms with Gasteiger partial charge in [-0.15, -0.1) is 5.10 Å². The summed E-state index contributed by atoms with van der Waals surface area (Å²) in [6, 6.07) is 1.91. The summed E-state index contributed by atoms with van der Waals surface area (Å²) in [5.41, 5.74) is 1.36. The van der Waals surface area contributed by atoms with Gasteiger partial charge in [0.2, 0.25) is 0 Å². The summed E-state index contributed by atoms with van der Waals surface area (Å²) < 4.78 is 2.58. The van der Waals surface area contributed by atoms with Crippen molar-refractivity contribution in [1.29, 1.82) is 0 Å². The Kier molecular flexibility index (Phi) is 3.81. The first kappa shape index (κ1) is 14.9. The zero-order valence-corrected chi connectivity index (χ0v) is 14.1. The first-order valence-electron chi connectivity index (χ1n) is 7.33. The van der Waals surface area contributed by atoms with E-state index in [0.717, 1.165) is 10.2 Å². The summed E-state index contributed by atoms with van der Waals surface area (Å²) in [4.78, 5) is 19.7. The molecule has 1 aliphatic heterocycles. The predicted molar refractivity (Wildman–Crippen MR) is 86.0 cm³/mol. The van der Waals surface area contributed by atoms with Crippen molar-refractivity contribution in [1.82, 2.24) is 39.9 Å². The van der Waals surface area contributed by atoms with E-state index in [-0.39, 0.29) is 11.9 Å². The monoisotopic (exact) mass is 388 g/mol. The first-order valence-corrected chi connectivity index (χ1v) is 8.13. The number of hydrogen-bond donors (Lipinski definition) is 0. The summed E-state index contributed by atoms with van der Waals surface area (Å²) in [5, 5.41) is 16.3. The number of likely N-dealkylation sites (tertiary alicyclic amines) is 1. The van der Waals surface area contributed by atoms with Crippen LogP contribution in [0.5, 0.6) is 0 Å². The summed E-state index contributed by atoms with van der Waals surface area (Å²) in [6.07, 6.45) is 8.34. The molecule has 0 atom stereocenters. The van der Waals surface area contributed by atoms with E-state index in [1.165, 1.54) is 0 Å². The zero-order valence-electron chi connectivity index (χ0n) is 12.5. The second-order valence-electron chi connectivity index (χ2n) is 5.51. The predicted octanol–water partition coefficient (Wildman–Crippen LogP) is 0.772. The Balaban J connectivity index is 1.37. The Hall–Kier alpha value is -2.62. The van der Waals surface area contributed by atoms with Gasteiger partial charge in [-0.25, -0.2) is 4.68 Å². The lowest BCUT2D eigenvalue weighted by Gasteiger charge is -2.38. The van der Waals surface area contributed by atoms with E-state index < -0.39 is 0 Å². The summed E-state index contributed by atoms with van der Waals surface area (Å²) in [7, 11) is 0. The maximum Gasteiger partial charge on any atom is 0.255 e. The third kappa shape index (κ3) is 2.92. The highest BCUT2D eigenvalue weighted by Crippen LogP contribution is 2.23. The van der Waals surface area contributed by atoms with E-state index in [9.17, 15) is 4.79 Å². The van der Waals surface area contributed by atoms with Crippen molar-refractivity contribution in [2.24, 2.45) is 0 Å². The molecule has 3 aromatic rings. The Bertz CT molecular complexity index is 855. The van der Waals surface area contributed by atoms with Crippen molar-refractivity contribution < 1.29 is 4.79 Å². The van der Waals surface area contributed by atoms with Crippen molar-refractivity contribution >= 4 is 21.8 Å². The van der Waals surface area contributed by atoms with Gasteiger partial charge in [0, 0.05) is 30.0 Å². The number of halogens is 1. The lowest BCUT2D eigenvalue weighted by atomic mass is 10.1. The number of aromatic nitrogens is 7. The average molecular weight is 389 g/mol. The maximum atomic E-state index is 12.4. The van der Waals surface area contributed by atoms with E-state index in [0.29, 0.717) is 25.2 Å². The normalized spacial score (nSPS) is 14.6. The molecule has 0 aliphatic carbocycles. The zero-order chi connectivity index (χ0) is 16.5. The third-order valence-electron chi connectivity index (χ3n) is 3.80. The highest BCUT2D eigenvalue weighted by atomic mass is 79.9. The molecule has 1 aliphatic rings. The molecule has 0 aromatic carbocycles. The van der Waals surface area contributed by atoms with Gasteiger partial charge in [0.1, 0.15) is 12.2 Å². The fraction of sp³-hybridized carbons (Fsp3) is 0.286. The fourth-order valence-electron chi connectivity index (χ4n) is 2.53. The molecule has 0 bridgehead atoms. The quantitative estimate of drug-likeness (QED) is 0.655. The molecule has 9 nitrogen and oxygen atoms in total. The molecular weight excluding hydrogens is 376 g/mol. The highest BCUT2D eigenvalue weighted by molar-refractivity contribution is 9.10. The third-order valence-corrected chi connectivity index (χ3v) is 4.24. The number of pyridine rings is 1. The summed E-state index contributed by atoms with van der Waals surface area (Å²) in [6.45, 7) is 1.69. The van der Waals surface area contributed by atoms with Gasteiger partial charge in [-0.1, -0.05) is 5.21 Å². The van der Waals surface area contributed by atoms with Gasteiger partial charge in [0.15, 0.2) is 0 Å². The second kappa shape index (κ2) is 6.11. The van der Waals surface area contributed by atoms with Crippen molar-refractivity contribution in [3.8, 4) is 0 Å². The standard InChI is InChI=1S/C14H13BrN8O/c15-11-3-10(4-16-5-11)14(24)21-8-13(9-21)22-6-12(19-20-22)7-23-17-1-2-18-23/h1-6,13H,7-9H2. The Labute approximate surface area is 145 Å². The van der Waals surface area contributed by atoms with E-state index in [1.54, 1.807) is 45.2 Å². The molecule has 10 heteroatoms. The van der Waals surface area contributed by atoms with Crippen LogP contribution in [0.3, 0.4) is 0 Å². The van der Waals surface area contributed by atoms with Gasteiger partial charge in [-0.3, -0.25) is 9.78 Å². The molecule has 4 heterocycles. The average Bonchev–Trinajstić information content (AvgIpc) is 3.18. The second-order valence-corrected chi connectivity index (χ2v) is 6.42. The molecule has 0 N–H and O–H groups in total.